The van der Waals surface area contributed by atoms with Crippen molar-refractivity contribution < 1.29 is 0 Å². The minimum absolute atomic E-state index is 0.302. The van der Waals surface area contributed by atoms with E-state index in [1.807, 2.05) is 23.1 Å². The number of thioether (sulfide) groups is 1. The maximum Gasteiger partial charge on any atom is 0.0599 e. The van der Waals surface area contributed by atoms with Crippen molar-refractivity contribution in [2.75, 3.05) is 31.9 Å². The molecule has 0 aliphatic carbocycles. The van der Waals surface area contributed by atoms with Crippen LogP contribution in [0.3, 0.4) is 0 Å². The van der Waals surface area contributed by atoms with Gasteiger partial charge in [0.05, 0.1) is 4.21 Å². The fraction of sp³-hybridized carbons (Fsp3) is 0.667. The van der Waals surface area contributed by atoms with Crippen LogP contribution < -0.4 is 5.32 Å². The van der Waals surface area contributed by atoms with E-state index in [-0.39, 0.29) is 0 Å². The molecule has 4 heteroatoms. The van der Waals surface area contributed by atoms with Crippen molar-refractivity contribution in [3.8, 4) is 0 Å². The summed E-state index contributed by atoms with van der Waals surface area (Å²) in [7, 11) is 0. The first-order valence-corrected chi connectivity index (χ1v) is 7.67. The van der Waals surface area contributed by atoms with E-state index in [1.165, 1.54) is 23.1 Å². The third-order valence-corrected chi connectivity index (χ3v) is 5.61. The van der Waals surface area contributed by atoms with Crippen LogP contribution in [0.4, 0.5) is 0 Å². The average Bonchev–Trinajstić information content (AvgIpc) is 2.81. The Morgan fingerprint density at radius 3 is 2.81 bits per heavy atom. The highest BCUT2D eigenvalue weighted by molar-refractivity contribution is 8.01. The zero-order valence-corrected chi connectivity index (χ0v) is 11.7. The Morgan fingerprint density at radius 1 is 1.44 bits per heavy atom. The number of hydrogen-bond acceptors (Lipinski definition) is 4. The van der Waals surface area contributed by atoms with Gasteiger partial charge in [0.15, 0.2) is 0 Å². The van der Waals surface area contributed by atoms with Crippen molar-refractivity contribution >= 4 is 23.1 Å². The van der Waals surface area contributed by atoms with Crippen molar-refractivity contribution in [3.63, 3.8) is 0 Å². The Morgan fingerprint density at radius 2 is 2.19 bits per heavy atom. The molecule has 0 radical (unpaired) electrons. The van der Waals surface area contributed by atoms with Gasteiger partial charge in [0, 0.05) is 37.5 Å². The van der Waals surface area contributed by atoms with Gasteiger partial charge >= 0.3 is 0 Å². The van der Waals surface area contributed by atoms with E-state index in [2.05, 4.69) is 41.6 Å². The minimum Gasteiger partial charge on any atom is -0.314 e. The molecule has 2 nitrogen and oxygen atoms in total. The Labute approximate surface area is 106 Å². The zero-order chi connectivity index (χ0) is 11.4. The average molecular weight is 256 g/mol. The molecule has 90 valence electrons. The maximum absolute atomic E-state index is 3.41. The largest absolute Gasteiger partial charge is 0.314 e. The van der Waals surface area contributed by atoms with Crippen LogP contribution in [0.1, 0.15) is 13.8 Å². The van der Waals surface area contributed by atoms with Crippen LogP contribution in [-0.2, 0) is 0 Å². The maximum atomic E-state index is 3.41. The quantitative estimate of drug-likeness (QED) is 0.834. The summed E-state index contributed by atoms with van der Waals surface area (Å²) in [5.74, 6) is 1.17. The van der Waals surface area contributed by atoms with Gasteiger partial charge in [-0.15, -0.1) is 23.1 Å². The van der Waals surface area contributed by atoms with E-state index in [0.29, 0.717) is 5.54 Å². The standard InChI is InChI=1S/C12H20N2S2/c1-12(2,14-7-5-13-6-8-14)10-16-11-4-3-9-15-11/h3-4,9,13H,5-8,10H2,1-2H3. The first-order valence-electron chi connectivity index (χ1n) is 5.80. The molecule has 1 aromatic rings. The van der Waals surface area contributed by atoms with Gasteiger partial charge in [-0.1, -0.05) is 6.07 Å². The van der Waals surface area contributed by atoms with E-state index in [4.69, 9.17) is 0 Å². The van der Waals surface area contributed by atoms with E-state index >= 15 is 0 Å². The van der Waals surface area contributed by atoms with Gasteiger partial charge in [-0.25, -0.2) is 0 Å². The summed E-state index contributed by atoms with van der Waals surface area (Å²) in [5, 5.41) is 5.56. The third-order valence-electron chi connectivity index (χ3n) is 3.04. The van der Waals surface area contributed by atoms with Gasteiger partial charge in [-0.3, -0.25) is 4.90 Å². The monoisotopic (exact) mass is 256 g/mol. The smallest absolute Gasteiger partial charge is 0.0599 e. The lowest BCUT2D eigenvalue weighted by molar-refractivity contribution is 0.123. The number of nitrogens with zero attached hydrogens (tertiary/aromatic N) is 1. The molecule has 16 heavy (non-hydrogen) atoms. The Balaban J connectivity index is 1.86. The van der Waals surface area contributed by atoms with Crippen LogP contribution in [0.25, 0.3) is 0 Å². The van der Waals surface area contributed by atoms with E-state index in [1.54, 1.807) is 0 Å². The van der Waals surface area contributed by atoms with Gasteiger partial charge in [-0.2, -0.15) is 0 Å². The minimum atomic E-state index is 0.302. The van der Waals surface area contributed by atoms with E-state index in [9.17, 15) is 0 Å². The molecular formula is C12H20N2S2. The Bertz CT molecular complexity index is 303. The predicted molar refractivity (Wildman–Crippen MR) is 73.6 cm³/mol. The normalized spacial score (nSPS) is 18.9. The lowest BCUT2D eigenvalue weighted by atomic mass is 10.1. The summed E-state index contributed by atoms with van der Waals surface area (Å²) in [5.41, 5.74) is 0.302. The zero-order valence-electron chi connectivity index (χ0n) is 10.0. The highest BCUT2D eigenvalue weighted by Crippen LogP contribution is 2.29. The number of hydrogen-bond donors (Lipinski definition) is 1. The second-order valence-corrected chi connectivity index (χ2v) is 6.99. The summed E-state index contributed by atoms with van der Waals surface area (Å²) in [6.45, 7) is 9.34. The molecule has 0 amide bonds. The first-order chi connectivity index (χ1) is 7.68. The number of rotatable bonds is 4. The summed E-state index contributed by atoms with van der Waals surface area (Å²) < 4.78 is 1.43. The van der Waals surface area contributed by atoms with Crippen molar-refractivity contribution in [1.29, 1.82) is 0 Å². The van der Waals surface area contributed by atoms with Gasteiger partial charge in [0.2, 0.25) is 0 Å². The molecule has 1 fully saturated rings. The molecule has 0 atom stereocenters. The molecule has 1 saturated heterocycles. The van der Waals surface area contributed by atoms with Crippen molar-refractivity contribution in [1.82, 2.24) is 10.2 Å². The van der Waals surface area contributed by atoms with Gasteiger partial charge in [-0.05, 0) is 25.3 Å². The lowest BCUT2D eigenvalue weighted by Gasteiger charge is -2.41. The van der Waals surface area contributed by atoms with Gasteiger partial charge in [0.25, 0.3) is 0 Å². The molecule has 1 aromatic heterocycles. The van der Waals surface area contributed by atoms with Crippen LogP contribution in [0.15, 0.2) is 21.7 Å². The van der Waals surface area contributed by atoms with Crippen LogP contribution in [0.5, 0.6) is 0 Å². The summed E-state index contributed by atoms with van der Waals surface area (Å²) in [6.07, 6.45) is 0. The molecule has 0 bridgehead atoms. The predicted octanol–water partition coefficient (Wildman–Crippen LogP) is 2.52. The molecule has 0 saturated carbocycles. The SMILES string of the molecule is CC(C)(CSc1cccs1)N1CCNCC1. The molecule has 0 unspecified atom stereocenters. The number of nitrogens with one attached hydrogen (secondary N) is 1. The van der Waals surface area contributed by atoms with Crippen LogP contribution in [0.2, 0.25) is 0 Å². The fourth-order valence-corrected chi connectivity index (χ4v) is 3.87. The molecule has 0 spiro atoms. The van der Waals surface area contributed by atoms with Crippen molar-refractivity contribution in [2.45, 2.75) is 23.6 Å². The number of thiophene rings is 1. The topological polar surface area (TPSA) is 15.3 Å². The van der Waals surface area contributed by atoms with Crippen molar-refractivity contribution in [2.24, 2.45) is 0 Å². The molecule has 1 aliphatic heterocycles. The summed E-state index contributed by atoms with van der Waals surface area (Å²) in [4.78, 5) is 2.60. The molecule has 2 heterocycles. The van der Waals surface area contributed by atoms with E-state index in [0.717, 1.165) is 13.1 Å². The summed E-state index contributed by atoms with van der Waals surface area (Å²) in [6, 6.07) is 4.34. The molecule has 0 aromatic carbocycles. The lowest BCUT2D eigenvalue weighted by Crippen LogP contribution is -2.54. The highest BCUT2D eigenvalue weighted by Gasteiger charge is 2.27. The molecule has 1 aliphatic rings. The van der Waals surface area contributed by atoms with Crippen LogP contribution in [-0.4, -0.2) is 42.4 Å². The second kappa shape index (κ2) is 5.54. The highest BCUT2D eigenvalue weighted by atomic mass is 32.2. The van der Waals surface area contributed by atoms with E-state index < -0.39 is 0 Å². The first kappa shape index (κ1) is 12.4. The molecule has 1 N–H and O–H groups in total. The third kappa shape index (κ3) is 3.23. The summed E-state index contributed by atoms with van der Waals surface area (Å²) >= 11 is 3.83. The van der Waals surface area contributed by atoms with Gasteiger partial charge < -0.3 is 5.32 Å². The van der Waals surface area contributed by atoms with Gasteiger partial charge in [0.1, 0.15) is 0 Å². The van der Waals surface area contributed by atoms with Crippen molar-refractivity contribution in [3.05, 3.63) is 17.5 Å². The number of piperazine rings is 1. The Hall–Kier alpha value is -0.0300. The fourth-order valence-electron chi connectivity index (χ4n) is 1.95. The van der Waals surface area contributed by atoms with Crippen LogP contribution >= 0.6 is 23.1 Å². The molecular weight excluding hydrogens is 236 g/mol. The molecule has 2 rings (SSSR count). The Kier molecular flexibility index (Phi) is 4.30. The van der Waals surface area contributed by atoms with Crippen LogP contribution in [0, 0.1) is 0 Å². The second-order valence-electron chi connectivity index (χ2n) is 4.77.